The van der Waals surface area contributed by atoms with Gasteiger partial charge in [-0.1, -0.05) is 32.0 Å². The summed E-state index contributed by atoms with van der Waals surface area (Å²) in [6.45, 7) is 8.10. The van der Waals surface area contributed by atoms with Gasteiger partial charge in [-0.25, -0.2) is 0 Å². The Morgan fingerprint density at radius 1 is 1.19 bits per heavy atom. The minimum absolute atomic E-state index is 0.0644. The molecule has 1 N–H and O–H groups in total. The van der Waals surface area contributed by atoms with Crippen LogP contribution in [-0.4, -0.2) is 25.9 Å². The molecule has 21 heavy (non-hydrogen) atoms. The fourth-order valence-corrected chi connectivity index (χ4v) is 2.26. The van der Waals surface area contributed by atoms with Gasteiger partial charge in [-0.2, -0.15) is 0 Å². The van der Waals surface area contributed by atoms with Crippen LogP contribution in [-0.2, 0) is 22.6 Å². The van der Waals surface area contributed by atoms with Crippen LogP contribution >= 0.6 is 0 Å². The molecule has 2 rings (SSSR count). The molecule has 0 aliphatic carbocycles. The summed E-state index contributed by atoms with van der Waals surface area (Å²) in [4.78, 5) is 0. The van der Waals surface area contributed by atoms with Gasteiger partial charge in [0.25, 0.3) is 0 Å². The summed E-state index contributed by atoms with van der Waals surface area (Å²) in [7, 11) is 1.69. The van der Waals surface area contributed by atoms with Gasteiger partial charge in [0.1, 0.15) is 11.3 Å². The number of para-hydroxylation sites is 1. The van der Waals surface area contributed by atoms with Crippen LogP contribution in [0.3, 0.4) is 0 Å². The molecule has 1 aromatic heterocycles. The molecule has 0 radical (unpaired) electrons. The minimum Gasteiger partial charge on any atom is -0.459 e. The van der Waals surface area contributed by atoms with Crippen LogP contribution < -0.4 is 5.32 Å². The van der Waals surface area contributed by atoms with Gasteiger partial charge in [0.2, 0.25) is 0 Å². The van der Waals surface area contributed by atoms with E-state index in [1.54, 1.807) is 7.11 Å². The molecule has 0 saturated carbocycles. The minimum atomic E-state index is 0.0644. The van der Waals surface area contributed by atoms with Crippen LogP contribution in [0.2, 0.25) is 0 Å². The molecular formula is C17H25NO3. The van der Waals surface area contributed by atoms with Crippen LogP contribution in [0.4, 0.5) is 0 Å². The summed E-state index contributed by atoms with van der Waals surface area (Å²) >= 11 is 0. The quantitative estimate of drug-likeness (QED) is 0.808. The van der Waals surface area contributed by atoms with E-state index < -0.39 is 0 Å². The van der Waals surface area contributed by atoms with E-state index in [-0.39, 0.29) is 6.10 Å². The first-order valence-electron chi connectivity index (χ1n) is 7.45. The first-order chi connectivity index (χ1) is 10.1. The van der Waals surface area contributed by atoms with Crippen molar-refractivity contribution in [1.82, 2.24) is 5.32 Å². The Labute approximate surface area is 126 Å². The number of fused-ring (bicyclic) bond motifs is 1. The molecule has 0 saturated heterocycles. The zero-order chi connectivity index (χ0) is 15.2. The monoisotopic (exact) mass is 291 g/mol. The molecule has 116 valence electrons. The first-order valence-corrected chi connectivity index (χ1v) is 7.45. The highest BCUT2D eigenvalue weighted by molar-refractivity contribution is 5.82. The van der Waals surface area contributed by atoms with Crippen LogP contribution in [0.5, 0.6) is 0 Å². The predicted molar refractivity (Wildman–Crippen MR) is 84.3 cm³/mol. The average Bonchev–Trinajstić information content (AvgIpc) is 2.81. The molecule has 4 heteroatoms. The normalized spacial score (nSPS) is 13.2. The van der Waals surface area contributed by atoms with E-state index in [9.17, 15) is 0 Å². The molecule has 1 aromatic carbocycles. The van der Waals surface area contributed by atoms with Gasteiger partial charge in [-0.05, 0) is 13.0 Å². The average molecular weight is 291 g/mol. The number of hydrogen-bond acceptors (Lipinski definition) is 4. The standard InChI is InChI=1S/C17H25NO3/c1-12(2)18-9-17-15(11-20-13(3)10-19-4)14-7-5-6-8-16(14)21-17/h5-8,12-13,18H,9-11H2,1-4H3. The summed E-state index contributed by atoms with van der Waals surface area (Å²) in [5.41, 5.74) is 2.04. The summed E-state index contributed by atoms with van der Waals surface area (Å²) in [6, 6.07) is 8.51. The van der Waals surface area contributed by atoms with Gasteiger partial charge >= 0.3 is 0 Å². The van der Waals surface area contributed by atoms with Crippen LogP contribution in [0.25, 0.3) is 11.0 Å². The van der Waals surface area contributed by atoms with Crippen molar-refractivity contribution in [2.24, 2.45) is 0 Å². The van der Waals surface area contributed by atoms with Crippen LogP contribution in [0, 0.1) is 0 Å². The fraction of sp³-hybridized carbons (Fsp3) is 0.529. The SMILES string of the molecule is COCC(C)OCc1c(CNC(C)C)oc2ccccc12. The van der Waals surface area contributed by atoms with Crippen LogP contribution in [0.1, 0.15) is 32.1 Å². The molecule has 2 aromatic rings. The van der Waals surface area contributed by atoms with Crippen LogP contribution in [0.15, 0.2) is 28.7 Å². The van der Waals surface area contributed by atoms with E-state index in [1.165, 1.54) is 0 Å². The maximum atomic E-state index is 5.97. The molecule has 1 atom stereocenters. The molecule has 0 amide bonds. The Balaban J connectivity index is 2.18. The van der Waals surface area contributed by atoms with E-state index in [4.69, 9.17) is 13.9 Å². The third kappa shape index (κ3) is 4.30. The van der Waals surface area contributed by atoms with Crippen molar-refractivity contribution >= 4 is 11.0 Å². The number of nitrogens with one attached hydrogen (secondary N) is 1. The smallest absolute Gasteiger partial charge is 0.134 e. The van der Waals surface area contributed by atoms with Crippen molar-refractivity contribution in [2.75, 3.05) is 13.7 Å². The summed E-state index contributed by atoms with van der Waals surface area (Å²) < 4.78 is 16.9. The Morgan fingerprint density at radius 2 is 1.95 bits per heavy atom. The number of methoxy groups -OCH3 is 1. The lowest BCUT2D eigenvalue weighted by Crippen LogP contribution is -2.22. The van der Waals surface area contributed by atoms with E-state index >= 15 is 0 Å². The topological polar surface area (TPSA) is 43.6 Å². The summed E-state index contributed by atoms with van der Waals surface area (Å²) in [5.74, 6) is 0.953. The van der Waals surface area contributed by atoms with Gasteiger partial charge < -0.3 is 19.2 Å². The van der Waals surface area contributed by atoms with Crippen molar-refractivity contribution in [1.29, 1.82) is 0 Å². The summed E-state index contributed by atoms with van der Waals surface area (Å²) in [5, 5.41) is 4.53. The third-order valence-electron chi connectivity index (χ3n) is 3.37. The number of ether oxygens (including phenoxy) is 2. The molecule has 0 aliphatic heterocycles. The van der Waals surface area contributed by atoms with Crippen molar-refractivity contribution in [3.63, 3.8) is 0 Å². The number of benzene rings is 1. The molecule has 0 fully saturated rings. The van der Waals surface area contributed by atoms with Gasteiger partial charge in [-0.15, -0.1) is 0 Å². The fourth-order valence-electron chi connectivity index (χ4n) is 2.26. The van der Waals surface area contributed by atoms with Crippen molar-refractivity contribution in [2.45, 2.75) is 46.1 Å². The lowest BCUT2D eigenvalue weighted by Gasteiger charge is -2.13. The predicted octanol–water partition coefficient (Wildman–Crippen LogP) is 3.48. The maximum absolute atomic E-state index is 5.97. The second-order valence-electron chi connectivity index (χ2n) is 5.61. The zero-order valence-electron chi connectivity index (χ0n) is 13.3. The van der Waals surface area contributed by atoms with Gasteiger partial charge in [-0.3, -0.25) is 0 Å². The largest absolute Gasteiger partial charge is 0.459 e. The van der Waals surface area contributed by atoms with E-state index in [2.05, 4.69) is 25.2 Å². The van der Waals surface area contributed by atoms with Crippen molar-refractivity contribution < 1.29 is 13.9 Å². The molecular weight excluding hydrogens is 266 g/mol. The van der Waals surface area contributed by atoms with Gasteiger partial charge in [0, 0.05) is 24.1 Å². The van der Waals surface area contributed by atoms with Gasteiger partial charge in [0.05, 0.1) is 25.9 Å². The molecule has 0 aliphatic rings. The first kappa shape index (κ1) is 16.0. The molecule has 0 spiro atoms. The highest BCUT2D eigenvalue weighted by Crippen LogP contribution is 2.27. The van der Waals surface area contributed by atoms with E-state index in [1.807, 2.05) is 25.1 Å². The van der Waals surface area contributed by atoms with Crippen molar-refractivity contribution in [3.8, 4) is 0 Å². The highest BCUT2D eigenvalue weighted by atomic mass is 16.5. The zero-order valence-corrected chi connectivity index (χ0v) is 13.3. The molecule has 1 unspecified atom stereocenters. The highest BCUT2D eigenvalue weighted by Gasteiger charge is 2.15. The van der Waals surface area contributed by atoms with E-state index in [0.29, 0.717) is 25.8 Å². The lowest BCUT2D eigenvalue weighted by molar-refractivity contribution is -0.000281. The Kier molecular flexibility index (Phi) is 5.79. The number of rotatable bonds is 8. The Bertz CT molecular complexity index is 562. The molecule has 1 heterocycles. The van der Waals surface area contributed by atoms with Crippen molar-refractivity contribution in [3.05, 3.63) is 35.6 Å². The van der Waals surface area contributed by atoms with Gasteiger partial charge in [0.15, 0.2) is 0 Å². The second kappa shape index (κ2) is 7.59. The third-order valence-corrected chi connectivity index (χ3v) is 3.37. The van der Waals surface area contributed by atoms with E-state index in [0.717, 1.165) is 22.3 Å². The number of hydrogen-bond donors (Lipinski definition) is 1. The maximum Gasteiger partial charge on any atom is 0.134 e. The Hall–Kier alpha value is -1.36. The molecule has 4 nitrogen and oxygen atoms in total. The second-order valence-corrected chi connectivity index (χ2v) is 5.61. The molecule has 0 bridgehead atoms. The summed E-state index contributed by atoms with van der Waals surface area (Å²) in [6.07, 6.45) is 0.0644. The Morgan fingerprint density at radius 3 is 2.67 bits per heavy atom. The number of furan rings is 1. The lowest BCUT2D eigenvalue weighted by atomic mass is 10.1.